The van der Waals surface area contributed by atoms with Crippen LogP contribution in [0, 0.1) is 5.53 Å². The molecule has 0 saturated carbocycles. The smallest absolute Gasteiger partial charge is 0.217 e. The van der Waals surface area contributed by atoms with Crippen LogP contribution in [0.2, 0.25) is 0 Å². The van der Waals surface area contributed by atoms with Gasteiger partial charge in [0.15, 0.2) is 0 Å². The Morgan fingerprint density at radius 2 is 2.11 bits per heavy atom. The minimum atomic E-state index is 0.693. The lowest BCUT2D eigenvalue weighted by Gasteiger charge is -2.13. The average molecular weight is 129 g/mol. The number of nitrogens with one attached hydrogen (secondary N) is 1. The van der Waals surface area contributed by atoms with E-state index < -0.39 is 0 Å². The van der Waals surface area contributed by atoms with Gasteiger partial charge in [-0.2, -0.15) is 0 Å². The van der Waals surface area contributed by atoms with Gasteiger partial charge in [-0.25, -0.2) is 0 Å². The van der Waals surface area contributed by atoms with Gasteiger partial charge >= 0.3 is 0 Å². The Labute approximate surface area is 52.8 Å². The van der Waals surface area contributed by atoms with Crippen LogP contribution < -0.4 is 4.91 Å². The van der Waals surface area contributed by atoms with Crippen molar-refractivity contribution >= 4 is 0 Å². The first-order chi connectivity index (χ1) is 4.43. The third kappa shape index (κ3) is 1.79. The van der Waals surface area contributed by atoms with Crippen LogP contribution in [0.15, 0.2) is 5.22 Å². The number of rotatable bonds is 1. The molecule has 5 heteroatoms. The van der Waals surface area contributed by atoms with Gasteiger partial charge in [0.05, 0.1) is 18.1 Å². The molecule has 0 unspecified atom stereocenters. The van der Waals surface area contributed by atoms with Crippen LogP contribution in [0.1, 0.15) is 0 Å². The van der Waals surface area contributed by atoms with E-state index in [0.717, 1.165) is 13.1 Å². The van der Waals surface area contributed by atoms with Crippen molar-refractivity contribution in [3.8, 4) is 0 Å². The Morgan fingerprint density at radius 3 is 2.67 bits per heavy atom. The summed E-state index contributed by atoms with van der Waals surface area (Å²) in [6, 6.07) is 0. The van der Waals surface area contributed by atoms with Gasteiger partial charge in [-0.15, -0.1) is 5.01 Å². The Kier molecular flexibility index (Phi) is 2.18. The summed E-state index contributed by atoms with van der Waals surface area (Å²) in [4.78, 5) is 2.90. The molecular formula is C4H9N4O+. The lowest BCUT2D eigenvalue weighted by atomic mass is 10.5. The summed E-state index contributed by atoms with van der Waals surface area (Å²) in [5, 5.41) is 5.25. The Hall–Kier alpha value is -0.930. The molecule has 5 nitrogen and oxygen atoms in total. The van der Waals surface area contributed by atoms with Gasteiger partial charge < -0.3 is 4.74 Å². The van der Waals surface area contributed by atoms with Crippen LogP contribution in [-0.2, 0) is 4.74 Å². The van der Waals surface area contributed by atoms with Gasteiger partial charge in [-0.3, -0.25) is 0 Å². The highest BCUT2D eigenvalue weighted by Crippen LogP contribution is 1.94. The van der Waals surface area contributed by atoms with Crippen molar-refractivity contribution in [1.29, 1.82) is 5.53 Å². The molecule has 1 saturated heterocycles. The molecule has 0 spiro atoms. The Bertz CT molecular complexity index is 125. The van der Waals surface area contributed by atoms with Crippen LogP contribution in [0.3, 0.4) is 0 Å². The van der Waals surface area contributed by atoms with Crippen LogP contribution in [-0.4, -0.2) is 31.3 Å². The molecule has 0 amide bonds. The lowest BCUT2D eigenvalue weighted by molar-refractivity contribution is 0.0339. The van der Waals surface area contributed by atoms with Crippen molar-refractivity contribution in [2.75, 3.05) is 26.3 Å². The fourth-order valence-electron chi connectivity index (χ4n) is 0.706. The highest BCUT2D eigenvalue weighted by Gasteiger charge is 2.14. The SMILES string of the molecule is N=[N+]=NN1CCOCC1. The summed E-state index contributed by atoms with van der Waals surface area (Å²) < 4.78 is 5.04. The molecule has 0 aromatic heterocycles. The largest absolute Gasteiger partial charge is 0.373 e. The monoisotopic (exact) mass is 129 g/mol. The fourth-order valence-corrected chi connectivity index (χ4v) is 0.706. The summed E-state index contributed by atoms with van der Waals surface area (Å²) in [7, 11) is 0. The molecule has 1 aliphatic heterocycles. The highest BCUT2D eigenvalue weighted by atomic mass is 16.5. The van der Waals surface area contributed by atoms with Crippen LogP contribution in [0.4, 0.5) is 0 Å². The molecule has 1 N–H and O–H groups in total. The highest BCUT2D eigenvalue weighted by molar-refractivity contribution is 4.53. The first-order valence-electron chi connectivity index (χ1n) is 2.83. The zero-order valence-electron chi connectivity index (χ0n) is 5.08. The second-order valence-corrected chi connectivity index (χ2v) is 1.76. The maximum absolute atomic E-state index is 6.41. The molecule has 1 rings (SSSR count). The van der Waals surface area contributed by atoms with E-state index in [-0.39, 0.29) is 0 Å². The zero-order valence-corrected chi connectivity index (χ0v) is 5.08. The molecule has 9 heavy (non-hydrogen) atoms. The minimum absolute atomic E-state index is 0.693. The molecule has 0 aromatic rings. The Morgan fingerprint density at radius 1 is 1.44 bits per heavy atom. The summed E-state index contributed by atoms with van der Waals surface area (Å²) in [5.41, 5.74) is 6.41. The Balaban J connectivity index is 2.31. The van der Waals surface area contributed by atoms with Crippen molar-refractivity contribution in [2.24, 2.45) is 5.22 Å². The molecule has 1 aliphatic rings. The molecule has 0 aromatic carbocycles. The number of ether oxygens (including phenoxy) is 1. The summed E-state index contributed by atoms with van der Waals surface area (Å²) in [6.45, 7) is 2.89. The molecular weight excluding hydrogens is 120 g/mol. The zero-order chi connectivity index (χ0) is 6.53. The topological polar surface area (TPSA) is 62.8 Å². The fraction of sp³-hybridized carbons (Fsp3) is 1.00. The maximum atomic E-state index is 6.41. The van der Waals surface area contributed by atoms with Crippen molar-refractivity contribution < 1.29 is 4.74 Å². The molecule has 0 bridgehead atoms. The van der Waals surface area contributed by atoms with E-state index in [4.69, 9.17) is 10.3 Å². The van der Waals surface area contributed by atoms with E-state index in [9.17, 15) is 0 Å². The third-order valence-electron chi connectivity index (χ3n) is 1.16. The lowest BCUT2D eigenvalue weighted by Crippen LogP contribution is -2.32. The van der Waals surface area contributed by atoms with E-state index in [1.807, 2.05) is 0 Å². The summed E-state index contributed by atoms with van der Waals surface area (Å²) >= 11 is 0. The van der Waals surface area contributed by atoms with Gasteiger partial charge in [-0.1, -0.05) is 0 Å². The van der Waals surface area contributed by atoms with Gasteiger partial charge in [0.2, 0.25) is 5.22 Å². The standard InChI is InChI=1S/C4H9N4O/c5-6-7-8-1-3-9-4-2-8/h5H,1-4H2/q+1. The van der Waals surface area contributed by atoms with E-state index in [2.05, 4.69) is 10.1 Å². The molecule has 0 aliphatic carbocycles. The molecule has 0 atom stereocenters. The number of morpholine rings is 1. The second-order valence-electron chi connectivity index (χ2n) is 1.76. The molecule has 0 radical (unpaired) electrons. The maximum Gasteiger partial charge on any atom is 0.217 e. The second kappa shape index (κ2) is 3.17. The number of hydrogen-bond donors (Lipinski definition) is 1. The number of hydrogen-bond acceptors (Lipinski definition) is 3. The van der Waals surface area contributed by atoms with E-state index in [1.54, 1.807) is 5.01 Å². The quantitative estimate of drug-likeness (QED) is 0.393. The van der Waals surface area contributed by atoms with Crippen LogP contribution in [0.5, 0.6) is 0 Å². The van der Waals surface area contributed by atoms with Crippen molar-refractivity contribution in [1.82, 2.24) is 9.92 Å². The third-order valence-corrected chi connectivity index (χ3v) is 1.16. The van der Waals surface area contributed by atoms with Crippen LogP contribution in [0.25, 0.3) is 0 Å². The van der Waals surface area contributed by atoms with Gasteiger partial charge in [0.25, 0.3) is 0 Å². The predicted molar refractivity (Wildman–Crippen MR) is 29.7 cm³/mol. The number of nitrogens with zero attached hydrogens (tertiary/aromatic N) is 3. The summed E-state index contributed by atoms with van der Waals surface area (Å²) in [5.74, 6) is 0. The van der Waals surface area contributed by atoms with Gasteiger partial charge in [0.1, 0.15) is 13.1 Å². The first-order valence-corrected chi connectivity index (χ1v) is 2.83. The van der Waals surface area contributed by atoms with Crippen molar-refractivity contribution in [2.45, 2.75) is 0 Å². The average Bonchev–Trinajstić information content (AvgIpc) is 1.91. The molecule has 50 valence electrons. The van der Waals surface area contributed by atoms with Gasteiger partial charge in [0, 0.05) is 0 Å². The first kappa shape index (κ1) is 6.19. The minimum Gasteiger partial charge on any atom is -0.373 e. The van der Waals surface area contributed by atoms with Crippen LogP contribution >= 0.6 is 0 Å². The van der Waals surface area contributed by atoms with Gasteiger partial charge in [-0.05, 0) is 5.53 Å². The summed E-state index contributed by atoms with van der Waals surface area (Å²) in [6.07, 6.45) is 0. The normalized spacial score (nSPS) is 18.9. The molecule has 1 heterocycles. The predicted octanol–water partition coefficient (Wildman–Crippen LogP) is -0.216. The van der Waals surface area contributed by atoms with E-state index in [0.29, 0.717) is 13.2 Å². The van der Waals surface area contributed by atoms with E-state index >= 15 is 0 Å². The van der Waals surface area contributed by atoms with E-state index in [1.165, 1.54) is 0 Å². The van der Waals surface area contributed by atoms with Crippen molar-refractivity contribution in [3.05, 3.63) is 0 Å². The van der Waals surface area contributed by atoms with Crippen molar-refractivity contribution in [3.63, 3.8) is 0 Å². The molecule has 1 fully saturated rings.